The van der Waals surface area contributed by atoms with Gasteiger partial charge in [0.25, 0.3) is 5.56 Å². The molecule has 0 spiro atoms. The zero-order chi connectivity index (χ0) is 15.1. The van der Waals surface area contributed by atoms with Gasteiger partial charge in [-0.25, -0.2) is 9.67 Å². The van der Waals surface area contributed by atoms with Crippen molar-refractivity contribution >= 4 is 11.0 Å². The van der Waals surface area contributed by atoms with Gasteiger partial charge in [0.1, 0.15) is 11.2 Å². The summed E-state index contributed by atoms with van der Waals surface area (Å²) in [5.41, 5.74) is 0.627. The summed E-state index contributed by atoms with van der Waals surface area (Å²) in [4.78, 5) is 20.1. The number of fused-ring (bicyclic) bond motifs is 1. The van der Waals surface area contributed by atoms with Gasteiger partial charge in [0.15, 0.2) is 5.65 Å². The Bertz CT molecular complexity index is 737. The fourth-order valence-corrected chi connectivity index (χ4v) is 3.50. The van der Waals surface area contributed by atoms with Crippen LogP contribution in [0.1, 0.15) is 39.0 Å². The molecule has 0 aliphatic carbocycles. The van der Waals surface area contributed by atoms with Gasteiger partial charge in [0, 0.05) is 25.7 Å². The predicted molar refractivity (Wildman–Crippen MR) is 83.1 cm³/mol. The summed E-state index contributed by atoms with van der Waals surface area (Å²) < 4.78 is 7.34. The van der Waals surface area contributed by atoms with Crippen molar-refractivity contribution in [1.82, 2.24) is 25.1 Å². The van der Waals surface area contributed by atoms with Crippen LogP contribution >= 0.6 is 0 Å². The summed E-state index contributed by atoms with van der Waals surface area (Å²) in [6.07, 6.45) is 3.47. The topological polar surface area (TPSA) is 84.8 Å². The van der Waals surface area contributed by atoms with Gasteiger partial charge in [-0.2, -0.15) is 5.10 Å². The largest absolute Gasteiger partial charge is 1.00 e. The molecule has 0 aromatic carbocycles. The summed E-state index contributed by atoms with van der Waals surface area (Å²) in [7, 11) is 0. The maximum Gasteiger partial charge on any atom is 1.00 e. The molecule has 2 aliphatic rings. The molecule has 4 rings (SSSR count). The normalized spacial score (nSPS) is 26.8. The van der Waals surface area contributed by atoms with Crippen molar-refractivity contribution in [2.45, 2.75) is 31.7 Å². The highest BCUT2D eigenvalue weighted by Gasteiger charge is 2.28. The van der Waals surface area contributed by atoms with E-state index in [1.807, 2.05) is 4.68 Å². The zero-order valence-corrected chi connectivity index (χ0v) is 12.7. The average molecular weight is 304 g/mol. The average Bonchev–Trinajstić information content (AvgIpc) is 3.14. The molecule has 2 saturated heterocycles. The van der Waals surface area contributed by atoms with Crippen molar-refractivity contribution in [3.8, 4) is 0 Å². The maximum atomic E-state index is 12.4. The highest BCUT2D eigenvalue weighted by Crippen LogP contribution is 2.27. The fraction of sp³-hybridized carbons (Fsp3) is 0.667. The first kappa shape index (κ1) is 13.9. The van der Waals surface area contributed by atoms with Gasteiger partial charge in [-0.05, 0) is 25.3 Å². The Balaban J connectivity index is 0.00000156. The molecule has 0 unspecified atom stereocenters. The second kappa shape index (κ2) is 5.48. The van der Waals surface area contributed by atoms with E-state index in [0.29, 0.717) is 17.0 Å². The molecule has 7 nitrogen and oxygen atoms in total. The number of hydrogen-bond donors (Lipinski definition) is 2. The Hall–Kier alpha value is -1.73. The Kier molecular flexibility index (Phi) is 3.46. The number of hydrogen-bond acceptors (Lipinski definition) is 5. The first-order valence-corrected chi connectivity index (χ1v) is 8.00. The minimum Gasteiger partial charge on any atom is -0.381 e. The predicted octanol–water partition coefficient (Wildman–Crippen LogP) is 0.906. The van der Waals surface area contributed by atoms with Crippen molar-refractivity contribution < 1.29 is 6.16 Å². The quantitative estimate of drug-likeness (QED) is 0.861. The second-order valence-corrected chi connectivity index (χ2v) is 6.36. The van der Waals surface area contributed by atoms with Gasteiger partial charge >= 0.3 is 1.43 Å². The lowest BCUT2D eigenvalue weighted by Gasteiger charge is -2.23. The summed E-state index contributed by atoms with van der Waals surface area (Å²) in [6.45, 7) is 5.49. The molecular formula is C15H22N5O2+. The summed E-state index contributed by atoms with van der Waals surface area (Å²) >= 11 is 0. The van der Waals surface area contributed by atoms with Crippen molar-refractivity contribution in [2.75, 3.05) is 26.3 Å². The monoisotopic (exact) mass is 304 g/mol. The van der Waals surface area contributed by atoms with Crippen LogP contribution in [0, 0.1) is 5.92 Å². The third-order valence-electron chi connectivity index (χ3n) is 4.89. The molecule has 118 valence electrons. The Morgan fingerprint density at radius 1 is 1.36 bits per heavy atom. The minimum atomic E-state index is -0.0857. The molecule has 2 N–H and O–H groups in total. The molecular weight excluding hydrogens is 282 g/mol. The van der Waals surface area contributed by atoms with E-state index in [9.17, 15) is 4.79 Å². The van der Waals surface area contributed by atoms with Gasteiger partial charge in [-0.3, -0.25) is 4.79 Å². The van der Waals surface area contributed by atoms with Crippen LogP contribution in [0.15, 0.2) is 11.0 Å². The number of rotatable bonds is 2. The molecule has 0 amide bonds. The van der Waals surface area contributed by atoms with E-state index in [1.165, 1.54) is 0 Å². The lowest BCUT2D eigenvalue weighted by molar-refractivity contribution is 0.0673. The van der Waals surface area contributed by atoms with E-state index in [4.69, 9.17) is 9.72 Å². The minimum absolute atomic E-state index is 0. The van der Waals surface area contributed by atoms with Crippen molar-refractivity contribution in [3.63, 3.8) is 0 Å². The Morgan fingerprint density at radius 2 is 2.18 bits per heavy atom. The van der Waals surface area contributed by atoms with Crippen LogP contribution in [0.3, 0.4) is 0 Å². The van der Waals surface area contributed by atoms with Crippen LogP contribution in [-0.4, -0.2) is 46.1 Å². The standard InChI is InChI=1S/C15H21N5O2/c1-9-6-16-7-11(9)13-18-14-12(15(21)19-13)8-17-20(14)10-2-4-22-5-3-10/h8-11,16H,2-7H2,1H3,(H,18,19,21)/p+1/t9-,11-/m1/s1. The first-order chi connectivity index (χ1) is 10.7. The Labute approximate surface area is 129 Å². The molecule has 22 heavy (non-hydrogen) atoms. The molecule has 2 aliphatic heterocycles. The SMILES string of the molecule is C[C@@H]1CNC[C@H]1c1nc2c(cnn2C2CCOCC2)c(=O)[nH]1.[H+]. The maximum absolute atomic E-state index is 12.4. The summed E-state index contributed by atoms with van der Waals surface area (Å²) in [5, 5.41) is 8.37. The highest BCUT2D eigenvalue weighted by atomic mass is 16.5. The van der Waals surface area contributed by atoms with Gasteiger partial charge in [-0.1, -0.05) is 6.92 Å². The first-order valence-electron chi connectivity index (χ1n) is 8.00. The van der Waals surface area contributed by atoms with Crippen LogP contribution in [-0.2, 0) is 4.74 Å². The fourth-order valence-electron chi connectivity index (χ4n) is 3.50. The molecule has 2 atom stereocenters. The molecule has 4 heterocycles. The van der Waals surface area contributed by atoms with E-state index in [1.54, 1.807) is 6.20 Å². The number of nitrogens with one attached hydrogen (secondary N) is 2. The second-order valence-electron chi connectivity index (χ2n) is 6.36. The van der Waals surface area contributed by atoms with E-state index in [-0.39, 0.29) is 18.9 Å². The lowest BCUT2D eigenvalue weighted by atomic mass is 9.97. The lowest BCUT2D eigenvalue weighted by Crippen LogP contribution is -2.23. The van der Waals surface area contributed by atoms with E-state index in [2.05, 4.69) is 22.3 Å². The third-order valence-corrected chi connectivity index (χ3v) is 4.89. The van der Waals surface area contributed by atoms with Gasteiger partial charge in [-0.15, -0.1) is 0 Å². The van der Waals surface area contributed by atoms with Gasteiger partial charge in [0.2, 0.25) is 0 Å². The van der Waals surface area contributed by atoms with Crippen LogP contribution in [0.2, 0.25) is 0 Å². The molecule has 0 saturated carbocycles. The molecule has 2 aromatic rings. The molecule has 0 radical (unpaired) electrons. The molecule has 7 heteroatoms. The number of aromatic nitrogens is 4. The van der Waals surface area contributed by atoms with E-state index >= 15 is 0 Å². The van der Waals surface area contributed by atoms with Crippen LogP contribution in [0.25, 0.3) is 11.0 Å². The molecule has 2 fully saturated rings. The van der Waals surface area contributed by atoms with Crippen molar-refractivity contribution in [3.05, 3.63) is 22.4 Å². The highest BCUT2D eigenvalue weighted by molar-refractivity contribution is 5.73. The van der Waals surface area contributed by atoms with E-state index < -0.39 is 0 Å². The van der Waals surface area contributed by atoms with Crippen molar-refractivity contribution in [1.29, 1.82) is 0 Å². The number of nitrogens with zero attached hydrogens (tertiary/aromatic N) is 3. The smallest absolute Gasteiger partial charge is 0.381 e. The molecule has 0 bridgehead atoms. The zero-order valence-electron chi connectivity index (χ0n) is 13.7. The third kappa shape index (κ3) is 2.24. The molecule has 2 aromatic heterocycles. The van der Waals surface area contributed by atoms with Crippen LogP contribution in [0.5, 0.6) is 0 Å². The van der Waals surface area contributed by atoms with Crippen molar-refractivity contribution in [2.24, 2.45) is 5.92 Å². The Morgan fingerprint density at radius 3 is 2.91 bits per heavy atom. The number of aromatic amines is 1. The van der Waals surface area contributed by atoms with E-state index in [0.717, 1.165) is 45.0 Å². The summed E-state index contributed by atoms with van der Waals surface area (Å²) in [5.74, 6) is 1.51. The summed E-state index contributed by atoms with van der Waals surface area (Å²) in [6, 6.07) is 0.271. The van der Waals surface area contributed by atoms with Gasteiger partial charge in [0.05, 0.1) is 12.2 Å². The van der Waals surface area contributed by atoms with Crippen LogP contribution in [0.4, 0.5) is 0 Å². The van der Waals surface area contributed by atoms with Gasteiger partial charge < -0.3 is 15.0 Å². The number of H-pyrrole nitrogens is 1. The van der Waals surface area contributed by atoms with Crippen LogP contribution < -0.4 is 10.9 Å². The number of ether oxygens (including phenoxy) is 1.